The molecule has 0 aliphatic carbocycles. The molecule has 0 atom stereocenters. The molecule has 4 N–H and O–H groups in total. The second-order valence-electron chi connectivity index (χ2n) is 3.22. The fraction of sp³-hybridized carbons (Fsp3) is 0. The van der Waals surface area contributed by atoms with Crippen LogP contribution in [0.1, 0.15) is 10.4 Å². The number of nitrogen functional groups attached to an aromatic ring is 1. The quantitative estimate of drug-likeness (QED) is 0.718. The lowest BCUT2D eigenvalue weighted by Crippen LogP contribution is -2.04. The second kappa shape index (κ2) is 4.44. The van der Waals surface area contributed by atoms with Crippen LogP contribution < -0.4 is 11.1 Å². The van der Waals surface area contributed by atoms with Gasteiger partial charge >= 0.3 is 5.97 Å². The highest BCUT2D eigenvalue weighted by Crippen LogP contribution is 2.20. The first-order valence-corrected chi connectivity index (χ1v) is 4.67. The summed E-state index contributed by atoms with van der Waals surface area (Å²) in [4.78, 5) is 22.2. The second-order valence-corrected chi connectivity index (χ2v) is 3.22. The van der Waals surface area contributed by atoms with Crippen LogP contribution in [0.25, 0.3) is 0 Å². The van der Waals surface area contributed by atoms with Gasteiger partial charge in [-0.1, -0.05) is 0 Å². The van der Waals surface area contributed by atoms with E-state index in [-0.39, 0.29) is 11.3 Å². The van der Waals surface area contributed by atoms with Crippen molar-refractivity contribution in [3.63, 3.8) is 0 Å². The molecule has 17 heavy (non-hydrogen) atoms. The van der Waals surface area contributed by atoms with E-state index in [9.17, 15) is 4.79 Å². The number of nitrogens with zero attached hydrogens (tertiary/aromatic N) is 3. The lowest BCUT2D eigenvalue weighted by molar-refractivity contribution is 0.0696. The maximum Gasteiger partial charge on any atom is 0.337 e. The first-order chi connectivity index (χ1) is 8.16. The van der Waals surface area contributed by atoms with Gasteiger partial charge in [0.25, 0.3) is 0 Å². The minimum atomic E-state index is -1.07. The predicted molar refractivity (Wildman–Crippen MR) is 60.9 cm³/mol. The van der Waals surface area contributed by atoms with Crippen LogP contribution in [0.3, 0.4) is 0 Å². The molecule has 2 aromatic rings. The SMILES string of the molecule is Nc1cc(C(=O)O)cnc1Nc1cncnc1. The Balaban J connectivity index is 2.26. The topological polar surface area (TPSA) is 114 Å². The Kier molecular flexibility index (Phi) is 2.82. The van der Waals surface area contributed by atoms with Gasteiger partial charge in [0.2, 0.25) is 0 Å². The predicted octanol–water partition coefficient (Wildman–Crippen LogP) is 0.896. The van der Waals surface area contributed by atoms with E-state index in [0.29, 0.717) is 11.5 Å². The molecule has 7 nitrogen and oxygen atoms in total. The van der Waals surface area contributed by atoms with Crippen LogP contribution in [0.15, 0.2) is 31.0 Å². The summed E-state index contributed by atoms with van der Waals surface area (Å²) in [5.41, 5.74) is 6.58. The van der Waals surface area contributed by atoms with Crippen LogP contribution in [-0.4, -0.2) is 26.0 Å². The van der Waals surface area contributed by atoms with Gasteiger partial charge in [0, 0.05) is 6.20 Å². The molecule has 2 rings (SSSR count). The van der Waals surface area contributed by atoms with Crippen LogP contribution >= 0.6 is 0 Å². The first-order valence-electron chi connectivity index (χ1n) is 4.67. The zero-order chi connectivity index (χ0) is 12.3. The fourth-order valence-electron chi connectivity index (χ4n) is 1.20. The fourth-order valence-corrected chi connectivity index (χ4v) is 1.20. The number of hydrogen-bond acceptors (Lipinski definition) is 6. The summed E-state index contributed by atoms with van der Waals surface area (Å²) < 4.78 is 0. The smallest absolute Gasteiger partial charge is 0.337 e. The van der Waals surface area contributed by atoms with Crippen molar-refractivity contribution in [3.05, 3.63) is 36.5 Å². The molecule has 0 fully saturated rings. The van der Waals surface area contributed by atoms with Crippen LogP contribution in [0.5, 0.6) is 0 Å². The Bertz CT molecular complexity index is 544. The Labute approximate surface area is 96.4 Å². The molecule has 86 valence electrons. The summed E-state index contributed by atoms with van der Waals surface area (Å²) in [6.45, 7) is 0. The van der Waals surface area contributed by atoms with Gasteiger partial charge in [-0.15, -0.1) is 0 Å². The third kappa shape index (κ3) is 2.46. The molecule has 0 aliphatic rings. The summed E-state index contributed by atoms with van der Waals surface area (Å²) in [5.74, 6) is -0.705. The minimum Gasteiger partial charge on any atom is -0.478 e. The highest BCUT2D eigenvalue weighted by atomic mass is 16.4. The van der Waals surface area contributed by atoms with Gasteiger partial charge in [0.15, 0.2) is 5.82 Å². The lowest BCUT2D eigenvalue weighted by Gasteiger charge is -2.07. The van der Waals surface area contributed by atoms with Crippen molar-refractivity contribution in [3.8, 4) is 0 Å². The summed E-state index contributed by atoms with van der Waals surface area (Å²) >= 11 is 0. The number of carboxylic acids is 1. The van der Waals surface area contributed by atoms with Gasteiger partial charge < -0.3 is 16.2 Å². The average molecular weight is 231 g/mol. The molecule has 0 bridgehead atoms. The Hall–Kier alpha value is -2.70. The number of aromatic carboxylic acids is 1. The molecule has 0 aromatic carbocycles. The normalized spacial score (nSPS) is 9.88. The summed E-state index contributed by atoms with van der Waals surface area (Å²) in [6, 6.07) is 1.33. The van der Waals surface area contributed by atoms with Crippen molar-refractivity contribution in [2.75, 3.05) is 11.1 Å². The third-order valence-electron chi connectivity index (χ3n) is 1.99. The van der Waals surface area contributed by atoms with E-state index in [2.05, 4.69) is 20.3 Å². The van der Waals surface area contributed by atoms with E-state index in [1.807, 2.05) is 0 Å². The lowest BCUT2D eigenvalue weighted by atomic mass is 10.2. The summed E-state index contributed by atoms with van der Waals surface area (Å²) in [7, 11) is 0. The maximum absolute atomic E-state index is 10.7. The van der Waals surface area contributed by atoms with Crippen molar-refractivity contribution in [2.45, 2.75) is 0 Å². The number of nitrogens with one attached hydrogen (secondary N) is 1. The van der Waals surface area contributed by atoms with Gasteiger partial charge in [-0.2, -0.15) is 0 Å². The van der Waals surface area contributed by atoms with Crippen LogP contribution in [0.2, 0.25) is 0 Å². The van der Waals surface area contributed by atoms with Crippen LogP contribution in [0, 0.1) is 0 Å². The number of carbonyl (C=O) groups is 1. The van der Waals surface area contributed by atoms with E-state index < -0.39 is 5.97 Å². The Morgan fingerprint density at radius 1 is 1.29 bits per heavy atom. The number of pyridine rings is 1. The minimum absolute atomic E-state index is 0.0392. The first kappa shape index (κ1) is 10.8. The molecular formula is C10H9N5O2. The molecule has 0 spiro atoms. The van der Waals surface area contributed by atoms with Crippen molar-refractivity contribution in [1.82, 2.24) is 15.0 Å². The largest absolute Gasteiger partial charge is 0.478 e. The summed E-state index contributed by atoms with van der Waals surface area (Å²) in [5, 5.41) is 11.6. The molecular weight excluding hydrogens is 222 g/mol. The number of nitrogens with two attached hydrogens (primary N) is 1. The van der Waals surface area contributed by atoms with E-state index in [1.165, 1.54) is 18.6 Å². The molecule has 0 amide bonds. The van der Waals surface area contributed by atoms with Gasteiger partial charge in [-0.3, -0.25) is 0 Å². The highest BCUT2D eigenvalue weighted by molar-refractivity contribution is 5.89. The zero-order valence-electron chi connectivity index (χ0n) is 8.66. The van der Waals surface area contributed by atoms with Crippen molar-refractivity contribution in [2.24, 2.45) is 0 Å². The van der Waals surface area contributed by atoms with Crippen LogP contribution in [0.4, 0.5) is 17.2 Å². The Morgan fingerprint density at radius 3 is 2.59 bits per heavy atom. The van der Waals surface area contributed by atoms with Gasteiger partial charge in [-0.05, 0) is 6.07 Å². The van der Waals surface area contributed by atoms with E-state index >= 15 is 0 Å². The van der Waals surface area contributed by atoms with Crippen LogP contribution in [-0.2, 0) is 0 Å². The van der Waals surface area contributed by atoms with E-state index in [4.69, 9.17) is 10.8 Å². The third-order valence-corrected chi connectivity index (χ3v) is 1.99. The van der Waals surface area contributed by atoms with Crippen molar-refractivity contribution >= 4 is 23.2 Å². The van der Waals surface area contributed by atoms with Crippen molar-refractivity contribution < 1.29 is 9.90 Å². The Morgan fingerprint density at radius 2 is 2.00 bits per heavy atom. The molecule has 0 unspecified atom stereocenters. The van der Waals surface area contributed by atoms with Gasteiger partial charge in [-0.25, -0.2) is 19.7 Å². The number of aromatic nitrogens is 3. The molecule has 2 heterocycles. The standard InChI is InChI=1S/C10H9N5O2/c11-8-1-6(10(16)17)2-14-9(8)15-7-3-12-5-13-4-7/h1-5H,11H2,(H,14,15)(H,16,17). The number of rotatable bonds is 3. The molecule has 0 saturated carbocycles. The summed E-state index contributed by atoms with van der Waals surface area (Å²) in [6.07, 6.45) is 5.73. The maximum atomic E-state index is 10.7. The molecule has 7 heteroatoms. The molecule has 0 saturated heterocycles. The van der Waals surface area contributed by atoms with E-state index in [0.717, 1.165) is 0 Å². The highest BCUT2D eigenvalue weighted by Gasteiger charge is 2.07. The molecule has 0 aliphatic heterocycles. The van der Waals surface area contributed by atoms with Crippen molar-refractivity contribution in [1.29, 1.82) is 0 Å². The number of hydrogen-bond donors (Lipinski definition) is 3. The number of carboxylic acid groups (broad SMARTS) is 1. The molecule has 2 aromatic heterocycles. The molecule has 0 radical (unpaired) electrons. The number of anilines is 3. The zero-order valence-corrected chi connectivity index (χ0v) is 8.66. The van der Waals surface area contributed by atoms with E-state index in [1.54, 1.807) is 12.4 Å². The van der Waals surface area contributed by atoms with Gasteiger partial charge in [0.1, 0.15) is 6.33 Å². The average Bonchev–Trinajstić information content (AvgIpc) is 2.33. The van der Waals surface area contributed by atoms with Gasteiger partial charge in [0.05, 0.1) is 29.3 Å². The monoisotopic (exact) mass is 231 g/mol.